The minimum Gasteiger partial charge on any atom is -0.396 e. The van der Waals surface area contributed by atoms with Gasteiger partial charge in [0.05, 0.1) is 0 Å². The Kier molecular flexibility index (Phi) is 6.17. The number of hydrogen-bond donors (Lipinski definition) is 2. The van der Waals surface area contributed by atoms with Crippen LogP contribution in [0.5, 0.6) is 0 Å². The number of aliphatic hydroxyl groups excluding tert-OH is 1. The summed E-state index contributed by atoms with van der Waals surface area (Å²) in [5.41, 5.74) is 1.26. The minimum atomic E-state index is 0.235. The zero-order chi connectivity index (χ0) is 12.8. The maximum Gasteiger partial charge on any atom is 0.0445 e. The first kappa shape index (κ1) is 14.7. The van der Waals surface area contributed by atoms with Crippen LogP contribution in [-0.2, 0) is 0 Å². The Balaban J connectivity index is 2.70. The third-order valence-corrected chi connectivity index (χ3v) is 3.80. The standard InChI is InChI=1S/C14H22BrNO/c1-10(2)14(8-9-17)16-11(3)12-6-4-5-7-13(12)15/h4-7,10-11,14,16-17H,8-9H2,1-3H3. The summed E-state index contributed by atoms with van der Waals surface area (Å²) in [5.74, 6) is 0.520. The molecule has 2 atom stereocenters. The summed E-state index contributed by atoms with van der Waals surface area (Å²) < 4.78 is 1.13. The Morgan fingerprint density at radius 1 is 1.24 bits per heavy atom. The van der Waals surface area contributed by atoms with Gasteiger partial charge in [0.2, 0.25) is 0 Å². The normalized spacial score (nSPS) is 14.9. The van der Waals surface area contributed by atoms with Crippen LogP contribution in [0.25, 0.3) is 0 Å². The maximum absolute atomic E-state index is 9.07. The molecule has 2 N–H and O–H groups in total. The summed E-state index contributed by atoms with van der Waals surface area (Å²) in [6.45, 7) is 6.76. The molecule has 2 nitrogen and oxygen atoms in total. The Morgan fingerprint density at radius 3 is 2.41 bits per heavy atom. The predicted octanol–water partition coefficient (Wildman–Crippen LogP) is 3.51. The summed E-state index contributed by atoms with van der Waals surface area (Å²) in [6, 6.07) is 8.89. The molecule has 3 heteroatoms. The molecule has 2 unspecified atom stereocenters. The molecule has 0 saturated heterocycles. The number of aliphatic hydroxyl groups is 1. The fraction of sp³-hybridized carbons (Fsp3) is 0.571. The van der Waals surface area contributed by atoms with Crippen LogP contribution in [0.3, 0.4) is 0 Å². The molecule has 0 fully saturated rings. The molecule has 0 bridgehead atoms. The summed E-state index contributed by atoms with van der Waals surface area (Å²) in [6.07, 6.45) is 0.798. The highest BCUT2D eigenvalue weighted by atomic mass is 79.9. The van der Waals surface area contributed by atoms with Crippen LogP contribution in [0, 0.1) is 5.92 Å². The Bertz CT molecular complexity index is 341. The minimum absolute atomic E-state index is 0.235. The van der Waals surface area contributed by atoms with E-state index in [-0.39, 0.29) is 12.6 Å². The zero-order valence-corrected chi connectivity index (χ0v) is 12.4. The van der Waals surface area contributed by atoms with E-state index in [0.717, 1.165) is 10.9 Å². The monoisotopic (exact) mass is 299 g/mol. The number of hydrogen-bond acceptors (Lipinski definition) is 2. The van der Waals surface area contributed by atoms with E-state index >= 15 is 0 Å². The van der Waals surface area contributed by atoms with E-state index in [1.54, 1.807) is 0 Å². The molecule has 0 heterocycles. The molecule has 0 aliphatic rings. The van der Waals surface area contributed by atoms with Gasteiger partial charge in [-0.1, -0.05) is 48.0 Å². The van der Waals surface area contributed by atoms with Gasteiger partial charge in [-0.25, -0.2) is 0 Å². The van der Waals surface area contributed by atoms with Crippen molar-refractivity contribution < 1.29 is 5.11 Å². The molecule has 0 aliphatic heterocycles. The van der Waals surface area contributed by atoms with Crippen molar-refractivity contribution in [2.45, 2.75) is 39.3 Å². The van der Waals surface area contributed by atoms with Gasteiger partial charge in [0.25, 0.3) is 0 Å². The van der Waals surface area contributed by atoms with Crippen LogP contribution in [0.2, 0.25) is 0 Å². The largest absolute Gasteiger partial charge is 0.396 e. The molecule has 1 rings (SSSR count). The second-order valence-corrected chi connectivity index (χ2v) is 5.63. The smallest absolute Gasteiger partial charge is 0.0445 e. The first-order valence-corrected chi connectivity index (χ1v) is 6.97. The summed E-state index contributed by atoms with van der Waals surface area (Å²) in [5, 5.41) is 12.7. The van der Waals surface area contributed by atoms with Gasteiger partial charge in [0.15, 0.2) is 0 Å². The number of halogens is 1. The number of nitrogens with one attached hydrogen (secondary N) is 1. The lowest BCUT2D eigenvalue weighted by molar-refractivity contribution is 0.237. The van der Waals surface area contributed by atoms with Crippen molar-refractivity contribution >= 4 is 15.9 Å². The van der Waals surface area contributed by atoms with Crippen molar-refractivity contribution in [2.24, 2.45) is 5.92 Å². The van der Waals surface area contributed by atoms with Crippen molar-refractivity contribution in [2.75, 3.05) is 6.61 Å². The van der Waals surface area contributed by atoms with Crippen LogP contribution in [-0.4, -0.2) is 17.8 Å². The van der Waals surface area contributed by atoms with E-state index in [4.69, 9.17) is 5.11 Å². The summed E-state index contributed by atoms with van der Waals surface area (Å²) >= 11 is 3.57. The zero-order valence-electron chi connectivity index (χ0n) is 10.8. The highest BCUT2D eigenvalue weighted by molar-refractivity contribution is 9.10. The number of benzene rings is 1. The van der Waals surface area contributed by atoms with Crippen molar-refractivity contribution in [1.82, 2.24) is 5.32 Å². The van der Waals surface area contributed by atoms with E-state index < -0.39 is 0 Å². The second-order valence-electron chi connectivity index (χ2n) is 4.77. The van der Waals surface area contributed by atoms with Crippen molar-refractivity contribution in [1.29, 1.82) is 0 Å². The SMILES string of the molecule is CC(NC(CCO)C(C)C)c1ccccc1Br. The van der Waals surface area contributed by atoms with Gasteiger partial charge in [-0.15, -0.1) is 0 Å². The predicted molar refractivity (Wildman–Crippen MR) is 76.0 cm³/mol. The third-order valence-electron chi connectivity index (χ3n) is 3.08. The lowest BCUT2D eigenvalue weighted by atomic mass is 9.98. The summed E-state index contributed by atoms with van der Waals surface area (Å²) in [7, 11) is 0. The molecule has 0 aliphatic carbocycles. The van der Waals surface area contributed by atoms with Gasteiger partial charge in [-0.05, 0) is 30.9 Å². The van der Waals surface area contributed by atoms with E-state index in [0.29, 0.717) is 12.0 Å². The molecular weight excluding hydrogens is 278 g/mol. The Morgan fingerprint density at radius 2 is 1.88 bits per heavy atom. The fourth-order valence-electron chi connectivity index (χ4n) is 1.99. The van der Waals surface area contributed by atoms with Gasteiger partial charge in [0, 0.05) is 23.2 Å². The lowest BCUT2D eigenvalue weighted by Crippen LogP contribution is -2.36. The second kappa shape index (κ2) is 7.14. The average molecular weight is 300 g/mol. The van der Waals surface area contributed by atoms with E-state index in [1.807, 2.05) is 6.07 Å². The molecule has 1 aromatic carbocycles. The van der Waals surface area contributed by atoms with Crippen molar-refractivity contribution in [3.05, 3.63) is 34.3 Å². The molecule has 0 aromatic heterocycles. The maximum atomic E-state index is 9.07. The quantitative estimate of drug-likeness (QED) is 0.842. The average Bonchev–Trinajstić information content (AvgIpc) is 2.28. The van der Waals surface area contributed by atoms with Gasteiger partial charge in [-0.2, -0.15) is 0 Å². The molecule has 0 spiro atoms. The van der Waals surface area contributed by atoms with Gasteiger partial charge < -0.3 is 10.4 Å². The summed E-state index contributed by atoms with van der Waals surface area (Å²) in [4.78, 5) is 0. The molecule has 17 heavy (non-hydrogen) atoms. The lowest BCUT2D eigenvalue weighted by Gasteiger charge is -2.26. The van der Waals surface area contributed by atoms with E-state index in [2.05, 4.69) is 60.2 Å². The van der Waals surface area contributed by atoms with Crippen LogP contribution in [0.4, 0.5) is 0 Å². The highest BCUT2D eigenvalue weighted by Crippen LogP contribution is 2.24. The van der Waals surface area contributed by atoms with Crippen molar-refractivity contribution in [3.63, 3.8) is 0 Å². The molecular formula is C14H22BrNO. The van der Waals surface area contributed by atoms with Crippen molar-refractivity contribution in [3.8, 4) is 0 Å². The van der Waals surface area contributed by atoms with E-state index in [1.165, 1.54) is 5.56 Å². The fourth-order valence-corrected chi connectivity index (χ4v) is 2.61. The first-order valence-electron chi connectivity index (χ1n) is 6.17. The molecule has 1 aromatic rings. The first-order chi connectivity index (χ1) is 8.06. The van der Waals surface area contributed by atoms with E-state index in [9.17, 15) is 0 Å². The molecule has 0 amide bonds. The third kappa shape index (κ3) is 4.41. The Labute approximate surface area is 113 Å². The van der Waals surface area contributed by atoms with Crippen LogP contribution in [0.1, 0.15) is 38.8 Å². The van der Waals surface area contributed by atoms with Gasteiger partial charge in [0.1, 0.15) is 0 Å². The molecule has 0 radical (unpaired) electrons. The number of rotatable bonds is 6. The van der Waals surface area contributed by atoms with Crippen LogP contribution in [0.15, 0.2) is 28.7 Å². The molecule has 96 valence electrons. The highest BCUT2D eigenvalue weighted by Gasteiger charge is 2.17. The molecule has 0 saturated carbocycles. The Hall–Kier alpha value is -0.380. The van der Waals surface area contributed by atoms with Crippen LogP contribution >= 0.6 is 15.9 Å². The van der Waals surface area contributed by atoms with Crippen LogP contribution < -0.4 is 5.32 Å². The van der Waals surface area contributed by atoms with Gasteiger partial charge in [-0.3, -0.25) is 0 Å². The van der Waals surface area contributed by atoms with Gasteiger partial charge >= 0.3 is 0 Å². The topological polar surface area (TPSA) is 32.3 Å².